The standard InChI is InChI=1S/C13H12N2OS/c1-7-3-4-9-10(5-7)16-13(15-9)12-11(14)8(2)6-17-12/h3-6H,14H2,1-2H3. The maximum Gasteiger partial charge on any atom is 0.239 e. The van der Waals surface area contributed by atoms with Gasteiger partial charge in [0.05, 0.1) is 5.69 Å². The van der Waals surface area contributed by atoms with Crippen LogP contribution in [0.4, 0.5) is 5.69 Å². The van der Waals surface area contributed by atoms with Crippen LogP contribution in [0, 0.1) is 13.8 Å². The van der Waals surface area contributed by atoms with Gasteiger partial charge in [0.15, 0.2) is 5.58 Å². The Morgan fingerprint density at radius 3 is 2.82 bits per heavy atom. The third kappa shape index (κ3) is 1.61. The average molecular weight is 244 g/mol. The zero-order chi connectivity index (χ0) is 12.0. The van der Waals surface area contributed by atoms with E-state index in [1.807, 2.05) is 37.4 Å². The molecule has 4 heteroatoms. The van der Waals surface area contributed by atoms with Gasteiger partial charge in [-0.2, -0.15) is 0 Å². The first-order chi connectivity index (χ1) is 8.15. The lowest BCUT2D eigenvalue weighted by Crippen LogP contribution is -1.86. The van der Waals surface area contributed by atoms with Crippen LogP contribution in [0.2, 0.25) is 0 Å². The van der Waals surface area contributed by atoms with Crippen molar-refractivity contribution in [1.29, 1.82) is 0 Å². The molecule has 0 spiro atoms. The Kier molecular flexibility index (Phi) is 2.19. The predicted molar refractivity (Wildman–Crippen MR) is 71.2 cm³/mol. The Morgan fingerprint density at radius 1 is 1.29 bits per heavy atom. The van der Waals surface area contributed by atoms with E-state index in [4.69, 9.17) is 10.2 Å². The second-order valence-electron chi connectivity index (χ2n) is 4.15. The van der Waals surface area contributed by atoms with E-state index < -0.39 is 0 Å². The normalized spacial score (nSPS) is 11.2. The van der Waals surface area contributed by atoms with E-state index >= 15 is 0 Å². The molecular formula is C13H12N2OS. The van der Waals surface area contributed by atoms with Gasteiger partial charge in [0.25, 0.3) is 0 Å². The van der Waals surface area contributed by atoms with E-state index in [9.17, 15) is 0 Å². The van der Waals surface area contributed by atoms with Gasteiger partial charge in [0, 0.05) is 0 Å². The van der Waals surface area contributed by atoms with Gasteiger partial charge in [0.1, 0.15) is 10.4 Å². The summed E-state index contributed by atoms with van der Waals surface area (Å²) in [4.78, 5) is 5.38. The molecule has 2 aromatic heterocycles. The summed E-state index contributed by atoms with van der Waals surface area (Å²) in [6.45, 7) is 4.02. The molecule has 0 aliphatic heterocycles. The Morgan fingerprint density at radius 2 is 2.12 bits per heavy atom. The van der Waals surface area contributed by atoms with Crippen molar-refractivity contribution < 1.29 is 4.42 Å². The van der Waals surface area contributed by atoms with Crippen LogP contribution in [0.3, 0.4) is 0 Å². The van der Waals surface area contributed by atoms with Gasteiger partial charge in [-0.15, -0.1) is 11.3 Å². The van der Waals surface area contributed by atoms with Crippen LogP contribution < -0.4 is 5.73 Å². The molecule has 0 amide bonds. The molecule has 2 heterocycles. The summed E-state index contributed by atoms with van der Waals surface area (Å²) >= 11 is 1.57. The fourth-order valence-electron chi connectivity index (χ4n) is 1.75. The van der Waals surface area contributed by atoms with Gasteiger partial charge < -0.3 is 10.2 Å². The molecule has 0 saturated carbocycles. The molecule has 3 nitrogen and oxygen atoms in total. The van der Waals surface area contributed by atoms with Gasteiger partial charge in [-0.05, 0) is 42.5 Å². The van der Waals surface area contributed by atoms with E-state index in [-0.39, 0.29) is 0 Å². The molecule has 0 fully saturated rings. The largest absolute Gasteiger partial charge is 0.435 e. The number of nitrogens with two attached hydrogens (primary N) is 1. The monoisotopic (exact) mass is 244 g/mol. The van der Waals surface area contributed by atoms with Crippen LogP contribution in [-0.2, 0) is 0 Å². The molecule has 1 aromatic carbocycles. The van der Waals surface area contributed by atoms with Crippen molar-refractivity contribution in [2.24, 2.45) is 0 Å². The average Bonchev–Trinajstić information content (AvgIpc) is 2.83. The second kappa shape index (κ2) is 3.60. The van der Waals surface area contributed by atoms with Gasteiger partial charge in [-0.25, -0.2) is 4.98 Å². The van der Waals surface area contributed by atoms with Crippen LogP contribution >= 0.6 is 11.3 Å². The first-order valence-corrected chi connectivity index (χ1v) is 6.24. The summed E-state index contributed by atoms with van der Waals surface area (Å²) in [5.74, 6) is 0.612. The fourth-order valence-corrected chi connectivity index (χ4v) is 2.65. The highest BCUT2D eigenvalue weighted by Crippen LogP contribution is 2.35. The van der Waals surface area contributed by atoms with Crippen LogP contribution in [0.25, 0.3) is 21.9 Å². The molecule has 0 saturated heterocycles. The summed E-state index contributed by atoms with van der Waals surface area (Å²) in [6, 6.07) is 5.98. The van der Waals surface area contributed by atoms with E-state index in [0.29, 0.717) is 5.89 Å². The van der Waals surface area contributed by atoms with E-state index in [1.165, 1.54) is 0 Å². The minimum Gasteiger partial charge on any atom is -0.435 e. The fraction of sp³-hybridized carbons (Fsp3) is 0.154. The van der Waals surface area contributed by atoms with Crippen LogP contribution in [0.5, 0.6) is 0 Å². The molecule has 0 atom stereocenters. The number of nitrogens with zero attached hydrogens (tertiary/aromatic N) is 1. The first-order valence-electron chi connectivity index (χ1n) is 5.36. The molecule has 86 valence electrons. The highest BCUT2D eigenvalue weighted by molar-refractivity contribution is 7.14. The van der Waals surface area contributed by atoms with Crippen molar-refractivity contribution in [2.45, 2.75) is 13.8 Å². The second-order valence-corrected chi connectivity index (χ2v) is 5.03. The number of aryl methyl sites for hydroxylation is 2. The highest BCUT2D eigenvalue weighted by atomic mass is 32.1. The Hall–Kier alpha value is -1.81. The molecule has 3 rings (SSSR count). The topological polar surface area (TPSA) is 52.0 Å². The van der Waals surface area contributed by atoms with Gasteiger partial charge in [-0.3, -0.25) is 0 Å². The number of hydrogen-bond donors (Lipinski definition) is 1. The molecule has 2 N–H and O–H groups in total. The van der Waals surface area contributed by atoms with Crippen molar-refractivity contribution in [2.75, 3.05) is 5.73 Å². The maximum atomic E-state index is 6.00. The molecule has 0 bridgehead atoms. The van der Waals surface area contributed by atoms with Crippen LogP contribution in [0.15, 0.2) is 28.0 Å². The lowest BCUT2D eigenvalue weighted by atomic mass is 10.2. The predicted octanol–water partition coefficient (Wildman–Crippen LogP) is 3.76. The van der Waals surface area contributed by atoms with Crippen molar-refractivity contribution in [1.82, 2.24) is 4.98 Å². The molecule has 0 aliphatic carbocycles. The number of rotatable bonds is 1. The number of thiophene rings is 1. The number of hydrogen-bond acceptors (Lipinski definition) is 4. The summed E-state index contributed by atoms with van der Waals surface area (Å²) < 4.78 is 5.75. The molecule has 17 heavy (non-hydrogen) atoms. The van der Waals surface area contributed by atoms with Crippen molar-refractivity contribution >= 4 is 28.1 Å². The molecule has 0 radical (unpaired) electrons. The quantitative estimate of drug-likeness (QED) is 0.709. The van der Waals surface area contributed by atoms with Gasteiger partial charge >= 0.3 is 0 Å². The highest BCUT2D eigenvalue weighted by Gasteiger charge is 2.14. The number of nitrogen functional groups attached to an aromatic ring is 1. The Bertz CT molecular complexity index is 697. The van der Waals surface area contributed by atoms with Crippen molar-refractivity contribution in [3.8, 4) is 10.8 Å². The number of aromatic nitrogens is 1. The lowest BCUT2D eigenvalue weighted by Gasteiger charge is -1.93. The molecule has 3 aromatic rings. The zero-order valence-electron chi connectivity index (χ0n) is 9.65. The van der Waals surface area contributed by atoms with Crippen molar-refractivity contribution in [3.05, 3.63) is 34.7 Å². The minimum atomic E-state index is 0.612. The van der Waals surface area contributed by atoms with Crippen molar-refractivity contribution in [3.63, 3.8) is 0 Å². The van der Waals surface area contributed by atoms with E-state index in [0.717, 1.165) is 32.8 Å². The summed E-state index contributed by atoms with van der Waals surface area (Å²) in [5, 5.41) is 2.02. The lowest BCUT2D eigenvalue weighted by molar-refractivity contribution is 0.621. The summed E-state index contributed by atoms with van der Waals surface area (Å²) in [6.07, 6.45) is 0. The van der Waals surface area contributed by atoms with Gasteiger partial charge in [-0.1, -0.05) is 6.07 Å². The number of oxazole rings is 1. The van der Waals surface area contributed by atoms with E-state index in [2.05, 4.69) is 4.98 Å². The molecule has 0 aliphatic rings. The summed E-state index contributed by atoms with van der Waals surface area (Å²) in [7, 11) is 0. The Balaban J connectivity index is 2.21. The maximum absolute atomic E-state index is 6.00. The third-order valence-corrected chi connectivity index (χ3v) is 3.86. The minimum absolute atomic E-state index is 0.612. The number of fused-ring (bicyclic) bond motifs is 1. The van der Waals surface area contributed by atoms with Crippen LogP contribution in [-0.4, -0.2) is 4.98 Å². The van der Waals surface area contributed by atoms with E-state index in [1.54, 1.807) is 11.3 Å². The van der Waals surface area contributed by atoms with Crippen LogP contribution in [0.1, 0.15) is 11.1 Å². The number of anilines is 1. The first kappa shape index (κ1) is 10.4. The molecular weight excluding hydrogens is 232 g/mol. The SMILES string of the molecule is Cc1ccc2nc(-c3scc(C)c3N)oc2c1. The zero-order valence-corrected chi connectivity index (χ0v) is 10.5. The number of benzene rings is 1. The third-order valence-electron chi connectivity index (χ3n) is 2.76. The summed E-state index contributed by atoms with van der Waals surface area (Å²) in [5.41, 5.74) is 10.7. The Labute approximate surface area is 103 Å². The van der Waals surface area contributed by atoms with Gasteiger partial charge in [0.2, 0.25) is 5.89 Å². The smallest absolute Gasteiger partial charge is 0.239 e. The molecule has 0 unspecified atom stereocenters.